The predicted octanol–water partition coefficient (Wildman–Crippen LogP) is 3.40. The number of fused-ring (bicyclic) bond motifs is 1. The maximum absolute atomic E-state index is 14.9. The third kappa shape index (κ3) is 2.98. The Morgan fingerprint density at radius 1 is 1.15 bits per heavy atom. The molecule has 1 aromatic carbocycles. The van der Waals surface area contributed by atoms with Crippen LogP contribution >= 0.6 is 0 Å². The first kappa shape index (κ1) is 16.8. The molecule has 4 rings (SSSR count). The molecule has 1 aliphatic rings. The molecule has 1 saturated heterocycles. The van der Waals surface area contributed by atoms with Gasteiger partial charge in [0.2, 0.25) is 0 Å². The lowest BCUT2D eigenvalue weighted by Crippen LogP contribution is -2.30. The van der Waals surface area contributed by atoms with Crippen molar-refractivity contribution in [1.82, 2.24) is 19.7 Å². The number of nitrogens with zero attached hydrogens (tertiary/aromatic N) is 6. The van der Waals surface area contributed by atoms with Gasteiger partial charge in [-0.3, -0.25) is 0 Å². The van der Waals surface area contributed by atoms with Gasteiger partial charge < -0.3 is 9.80 Å². The van der Waals surface area contributed by atoms with Gasteiger partial charge in [-0.25, -0.2) is 14.1 Å². The molecule has 1 aliphatic heterocycles. The molecule has 1 fully saturated rings. The summed E-state index contributed by atoms with van der Waals surface area (Å²) in [5.74, 6) is 1.01. The van der Waals surface area contributed by atoms with Gasteiger partial charge in [0.05, 0.1) is 11.2 Å². The molecule has 26 heavy (non-hydrogen) atoms. The van der Waals surface area contributed by atoms with E-state index < -0.39 is 0 Å². The van der Waals surface area contributed by atoms with Crippen molar-refractivity contribution < 1.29 is 4.39 Å². The van der Waals surface area contributed by atoms with Crippen LogP contribution < -0.4 is 9.80 Å². The van der Waals surface area contributed by atoms with Crippen LogP contribution in [0.5, 0.6) is 0 Å². The van der Waals surface area contributed by atoms with Gasteiger partial charge in [-0.15, -0.1) is 0 Å². The fourth-order valence-electron chi connectivity index (χ4n) is 3.42. The zero-order chi connectivity index (χ0) is 18.1. The third-order valence-corrected chi connectivity index (χ3v) is 4.97. The minimum Gasteiger partial charge on any atom is -0.369 e. The van der Waals surface area contributed by atoms with Crippen LogP contribution in [0.25, 0.3) is 16.9 Å². The lowest BCUT2D eigenvalue weighted by molar-refractivity contribution is 0.557. The standard InChI is InChI=1S/C19H23FN6/c1-3-24(2)18-14-12-17(25-9-5-4-6-10-25)15(20)13-16(14)22-19(23-18)26-11-7-8-21-26/h7-8,11-13H,3-6,9-10H2,1-2H3. The molecule has 0 aliphatic carbocycles. The molecular weight excluding hydrogens is 331 g/mol. The van der Waals surface area contributed by atoms with E-state index in [9.17, 15) is 4.39 Å². The van der Waals surface area contributed by atoms with Crippen LogP contribution in [-0.2, 0) is 0 Å². The Morgan fingerprint density at radius 3 is 2.65 bits per heavy atom. The Kier molecular flexibility index (Phi) is 4.44. The van der Waals surface area contributed by atoms with E-state index in [2.05, 4.69) is 26.8 Å². The zero-order valence-electron chi connectivity index (χ0n) is 15.2. The lowest BCUT2D eigenvalue weighted by atomic mass is 10.1. The van der Waals surface area contributed by atoms with Gasteiger partial charge in [0.1, 0.15) is 11.6 Å². The van der Waals surface area contributed by atoms with Crippen molar-refractivity contribution in [3.8, 4) is 5.95 Å². The van der Waals surface area contributed by atoms with Gasteiger partial charge in [0.25, 0.3) is 5.95 Å². The van der Waals surface area contributed by atoms with Crippen molar-refractivity contribution in [2.75, 3.05) is 36.5 Å². The van der Waals surface area contributed by atoms with Gasteiger partial charge >= 0.3 is 0 Å². The Labute approximate surface area is 152 Å². The van der Waals surface area contributed by atoms with Crippen molar-refractivity contribution in [3.05, 3.63) is 36.4 Å². The van der Waals surface area contributed by atoms with E-state index >= 15 is 0 Å². The van der Waals surface area contributed by atoms with Crippen molar-refractivity contribution in [3.63, 3.8) is 0 Å². The molecule has 7 heteroatoms. The highest BCUT2D eigenvalue weighted by molar-refractivity contribution is 5.93. The van der Waals surface area contributed by atoms with E-state index in [4.69, 9.17) is 4.98 Å². The summed E-state index contributed by atoms with van der Waals surface area (Å²) in [5.41, 5.74) is 1.25. The fraction of sp³-hybridized carbons (Fsp3) is 0.421. The summed E-state index contributed by atoms with van der Waals surface area (Å²) in [6, 6.07) is 5.25. The first-order valence-electron chi connectivity index (χ1n) is 9.14. The highest BCUT2D eigenvalue weighted by Crippen LogP contribution is 2.32. The maximum atomic E-state index is 14.9. The molecule has 0 atom stereocenters. The molecule has 0 radical (unpaired) electrons. The number of halogens is 1. The Morgan fingerprint density at radius 2 is 1.96 bits per heavy atom. The van der Waals surface area contributed by atoms with E-state index in [0.29, 0.717) is 17.2 Å². The van der Waals surface area contributed by atoms with Crippen LogP contribution in [0.1, 0.15) is 26.2 Å². The Balaban J connectivity index is 1.89. The van der Waals surface area contributed by atoms with E-state index in [1.165, 1.54) is 12.5 Å². The van der Waals surface area contributed by atoms with Crippen LogP contribution in [0.2, 0.25) is 0 Å². The molecule has 0 unspecified atom stereocenters. The minimum atomic E-state index is -0.227. The highest BCUT2D eigenvalue weighted by Gasteiger charge is 2.19. The second kappa shape index (κ2) is 6.90. The number of benzene rings is 1. The average molecular weight is 354 g/mol. The molecule has 3 aromatic rings. The minimum absolute atomic E-state index is 0.227. The largest absolute Gasteiger partial charge is 0.369 e. The lowest BCUT2D eigenvalue weighted by Gasteiger charge is -2.29. The quantitative estimate of drug-likeness (QED) is 0.719. The van der Waals surface area contributed by atoms with E-state index in [-0.39, 0.29) is 5.82 Å². The summed E-state index contributed by atoms with van der Waals surface area (Å²) in [6.07, 6.45) is 6.89. The van der Waals surface area contributed by atoms with Crippen molar-refractivity contribution in [1.29, 1.82) is 0 Å². The van der Waals surface area contributed by atoms with E-state index in [0.717, 1.165) is 43.7 Å². The van der Waals surface area contributed by atoms with Crippen LogP contribution in [0.3, 0.4) is 0 Å². The van der Waals surface area contributed by atoms with Crippen molar-refractivity contribution in [2.24, 2.45) is 0 Å². The summed E-state index contributed by atoms with van der Waals surface area (Å²) in [5, 5.41) is 5.07. The summed E-state index contributed by atoms with van der Waals surface area (Å²) < 4.78 is 16.5. The zero-order valence-corrected chi connectivity index (χ0v) is 15.2. The normalized spacial score (nSPS) is 14.8. The SMILES string of the molecule is CCN(C)c1nc(-n2cccn2)nc2cc(F)c(N3CCCCC3)cc12. The molecule has 0 bridgehead atoms. The van der Waals surface area contributed by atoms with Crippen LogP contribution in [0, 0.1) is 5.82 Å². The maximum Gasteiger partial charge on any atom is 0.253 e. The van der Waals surface area contributed by atoms with Gasteiger partial charge in [0.15, 0.2) is 0 Å². The van der Waals surface area contributed by atoms with Gasteiger partial charge in [0, 0.05) is 50.5 Å². The molecule has 136 valence electrons. The summed E-state index contributed by atoms with van der Waals surface area (Å²) in [4.78, 5) is 13.4. The molecule has 0 spiro atoms. The predicted molar refractivity (Wildman–Crippen MR) is 102 cm³/mol. The molecule has 3 heterocycles. The Hall–Kier alpha value is -2.70. The third-order valence-electron chi connectivity index (χ3n) is 4.97. The number of hydrogen-bond acceptors (Lipinski definition) is 5. The highest BCUT2D eigenvalue weighted by atomic mass is 19.1. The monoisotopic (exact) mass is 354 g/mol. The first-order valence-corrected chi connectivity index (χ1v) is 9.14. The summed E-state index contributed by atoms with van der Waals surface area (Å²) >= 11 is 0. The number of hydrogen-bond donors (Lipinski definition) is 0. The second-order valence-corrected chi connectivity index (χ2v) is 6.68. The van der Waals surface area contributed by atoms with E-state index in [1.54, 1.807) is 17.1 Å². The molecule has 6 nitrogen and oxygen atoms in total. The van der Waals surface area contributed by atoms with E-state index in [1.807, 2.05) is 19.2 Å². The molecule has 0 saturated carbocycles. The average Bonchev–Trinajstić information content (AvgIpc) is 3.21. The smallest absolute Gasteiger partial charge is 0.253 e. The van der Waals surface area contributed by atoms with Gasteiger partial charge in [-0.05, 0) is 38.3 Å². The number of rotatable bonds is 4. The summed E-state index contributed by atoms with van der Waals surface area (Å²) in [7, 11) is 1.98. The van der Waals surface area contributed by atoms with Gasteiger partial charge in [-0.2, -0.15) is 10.1 Å². The van der Waals surface area contributed by atoms with Crippen molar-refractivity contribution >= 4 is 22.4 Å². The van der Waals surface area contributed by atoms with Gasteiger partial charge in [-0.1, -0.05) is 0 Å². The number of anilines is 2. The van der Waals surface area contributed by atoms with Crippen molar-refractivity contribution in [2.45, 2.75) is 26.2 Å². The first-order chi connectivity index (χ1) is 12.7. The number of aromatic nitrogens is 4. The Bertz CT molecular complexity index is 902. The molecular formula is C19H23FN6. The fourth-order valence-corrected chi connectivity index (χ4v) is 3.42. The number of piperidine rings is 1. The second-order valence-electron chi connectivity index (χ2n) is 6.68. The molecule has 0 N–H and O–H groups in total. The van der Waals surface area contributed by atoms with Crippen LogP contribution in [0.4, 0.5) is 15.9 Å². The van der Waals surface area contributed by atoms with Crippen LogP contribution in [0.15, 0.2) is 30.6 Å². The molecule has 0 amide bonds. The topological polar surface area (TPSA) is 50.1 Å². The molecule has 2 aromatic heterocycles. The summed E-state index contributed by atoms with van der Waals surface area (Å²) in [6.45, 7) is 4.65. The van der Waals surface area contributed by atoms with Crippen LogP contribution in [-0.4, -0.2) is 46.4 Å².